The second-order valence-corrected chi connectivity index (χ2v) is 18.9. The Labute approximate surface area is 317 Å². The number of carbonyl (C=O) groups is 4. The highest BCUT2D eigenvalue weighted by atomic mass is 32.2. The molecule has 1 saturated heterocycles. The van der Waals surface area contributed by atoms with Crippen LogP contribution < -0.4 is 19.5 Å². The Morgan fingerprint density at radius 1 is 1.07 bits per heavy atom. The van der Waals surface area contributed by atoms with Gasteiger partial charge in [-0.2, -0.15) is 0 Å². The van der Waals surface area contributed by atoms with E-state index in [1.165, 1.54) is 11.0 Å². The quantitative estimate of drug-likeness (QED) is 0.305. The smallest absolute Gasteiger partial charge is 0.306 e. The lowest BCUT2D eigenvalue weighted by molar-refractivity contribution is -0.154. The topological polar surface area (TPSA) is 170 Å². The number of benzene rings is 1. The van der Waals surface area contributed by atoms with Crippen LogP contribution in [0, 0.1) is 23.2 Å². The lowest BCUT2D eigenvalue weighted by Gasteiger charge is -2.35. The van der Waals surface area contributed by atoms with Crippen molar-refractivity contribution in [1.82, 2.24) is 19.9 Å². The number of sulfonamides is 1. The number of nitrogens with zero attached hydrogens (tertiary/aromatic N) is 2. The zero-order valence-electron chi connectivity index (χ0n) is 31.6. The lowest BCUT2D eigenvalue weighted by Crippen LogP contribution is -2.57. The van der Waals surface area contributed by atoms with Crippen LogP contribution in [0.15, 0.2) is 36.9 Å². The van der Waals surface area contributed by atoms with E-state index in [1.54, 1.807) is 7.11 Å². The van der Waals surface area contributed by atoms with E-state index in [0.29, 0.717) is 36.7 Å². The molecule has 14 heteroatoms. The number of pyridine rings is 1. The molecule has 3 aliphatic carbocycles. The minimum atomic E-state index is -3.88. The molecule has 2 aromatic rings. The van der Waals surface area contributed by atoms with Gasteiger partial charge in [0.2, 0.25) is 21.8 Å². The van der Waals surface area contributed by atoms with E-state index >= 15 is 0 Å². The molecule has 0 spiro atoms. The molecular weight excluding hydrogens is 713 g/mol. The van der Waals surface area contributed by atoms with Crippen LogP contribution in [0.25, 0.3) is 10.9 Å². The average molecular weight is 765 g/mol. The van der Waals surface area contributed by atoms with Crippen molar-refractivity contribution in [3.8, 4) is 11.5 Å². The highest BCUT2D eigenvalue weighted by Crippen LogP contribution is 2.46. The first-order valence-electron chi connectivity index (χ1n) is 19.3. The molecule has 1 aromatic carbocycles. The summed E-state index contributed by atoms with van der Waals surface area (Å²) in [6.45, 7) is 9.49. The molecule has 13 nitrogen and oxygen atoms in total. The standard InChI is InChI=1S/C40H52N4O9S/c1-6-25-21-40(25,38(48)43-54(49,50)28-13-14-28)42-36(46)32-19-27-22-44(32)37(47)29(39(2,3)4)20-35(45)53-33-17-23(33)10-8-7-9-11-31-34(52-27)18-24-16-26(51-5)12-15-30(24)41-31/h6,12,15-16,18,23,25,27-29,32-33H,1,7-11,13-14,17,19-22H2,2-5H3,(H,42,46)(H,43,48)/t23-,25-,27-,29-,32+,33-,40-/m1/s1. The number of fused-ring (bicyclic) bond motifs is 5. The van der Waals surface area contributed by atoms with Gasteiger partial charge in [0.25, 0.3) is 5.91 Å². The number of carbonyl (C=O) groups excluding carboxylic acids is 4. The van der Waals surface area contributed by atoms with Crippen LogP contribution in [0.5, 0.6) is 11.5 Å². The van der Waals surface area contributed by atoms with Crippen LogP contribution in [-0.4, -0.2) is 84.7 Å². The largest absolute Gasteiger partial charge is 0.497 e. The first-order valence-corrected chi connectivity index (χ1v) is 20.8. The fourth-order valence-corrected chi connectivity index (χ4v) is 9.41. The van der Waals surface area contributed by atoms with Crippen LogP contribution in [0.2, 0.25) is 0 Å². The summed E-state index contributed by atoms with van der Waals surface area (Å²) >= 11 is 0. The van der Waals surface area contributed by atoms with Crippen LogP contribution in [0.1, 0.15) is 90.7 Å². The SMILES string of the molecule is C=C[C@@H]1C[C@]1(NC(=O)[C@@H]1C[C@@H]2CN1C(=O)[C@H](C(C)(C)C)CC(=O)O[C@@H]1C[C@H]1CCCCCc1nc3ccc(OC)cc3cc1O2)C(=O)NS(=O)(=O)C1CC1. The first kappa shape index (κ1) is 38.1. The normalized spacial score (nSPS) is 30.4. The van der Waals surface area contributed by atoms with Gasteiger partial charge in [-0.15, -0.1) is 6.58 Å². The van der Waals surface area contributed by atoms with Gasteiger partial charge in [-0.1, -0.05) is 39.7 Å². The van der Waals surface area contributed by atoms with Crippen molar-refractivity contribution < 1.29 is 41.8 Å². The molecule has 3 heterocycles. The van der Waals surface area contributed by atoms with E-state index in [1.807, 2.05) is 45.0 Å². The van der Waals surface area contributed by atoms with Gasteiger partial charge < -0.3 is 24.4 Å². The van der Waals surface area contributed by atoms with Crippen molar-refractivity contribution in [2.75, 3.05) is 13.7 Å². The Morgan fingerprint density at radius 3 is 2.54 bits per heavy atom. The van der Waals surface area contributed by atoms with Crippen LogP contribution in [-0.2, 0) is 40.4 Å². The molecule has 2 bridgehead atoms. The highest BCUT2D eigenvalue weighted by molar-refractivity contribution is 7.91. The maximum atomic E-state index is 14.7. The third-order valence-electron chi connectivity index (χ3n) is 11.8. The second kappa shape index (κ2) is 14.5. The van der Waals surface area contributed by atoms with E-state index in [0.717, 1.165) is 48.7 Å². The summed E-state index contributed by atoms with van der Waals surface area (Å²) < 4.78 is 45.7. The zero-order chi connectivity index (χ0) is 38.6. The maximum Gasteiger partial charge on any atom is 0.306 e. The number of methoxy groups -OCH3 is 1. The molecule has 7 rings (SSSR count). The fraction of sp³-hybridized carbons (Fsp3) is 0.625. The van der Waals surface area contributed by atoms with E-state index in [4.69, 9.17) is 19.2 Å². The molecule has 0 unspecified atom stereocenters. The number of hydrogen-bond acceptors (Lipinski definition) is 10. The van der Waals surface area contributed by atoms with Crippen molar-refractivity contribution in [3.63, 3.8) is 0 Å². The molecule has 7 atom stereocenters. The van der Waals surface area contributed by atoms with E-state index in [2.05, 4.69) is 16.6 Å². The lowest BCUT2D eigenvalue weighted by atomic mass is 9.77. The summed E-state index contributed by atoms with van der Waals surface area (Å²) in [5, 5.41) is 3.04. The Morgan fingerprint density at radius 2 is 1.85 bits per heavy atom. The van der Waals surface area contributed by atoms with Gasteiger partial charge in [0.05, 0.1) is 42.5 Å². The molecule has 3 amide bonds. The number of ether oxygens (including phenoxy) is 3. The Hall–Kier alpha value is -4.20. The molecule has 5 aliphatic rings. The second-order valence-electron chi connectivity index (χ2n) is 16.9. The zero-order valence-corrected chi connectivity index (χ0v) is 32.4. The summed E-state index contributed by atoms with van der Waals surface area (Å²) in [4.78, 5) is 62.4. The van der Waals surface area contributed by atoms with Crippen molar-refractivity contribution in [2.45, 2.75) is 120 Å². The number of nitrogens with one attached hydrogen (secondary N) is 2. The van der Waals surface area contributed by atoms with Crippen molar-refractivity contribution >= 4 is 44.6 Å². The number of aromatic nitrogens is 1. The number of aryl methyl sites for hydroxylation is 1. The minimum absolute atomic E-state index is 0.0407. The summed E-state index contributed by atoms with van der Waals surface area (Å²) in [5.41, 5.74) is -0.616. The predicted molar refractivity (Wildman–Crippen MR) is 200 cm³/mol. The highest BCUT2D eigenvalue weighted by Gasteiger charge is 2.62. The van der Waals surface area contributed by atoms with Crippen LogP contribution in [0.4, 0.5) is 0 Å². The third-order valence-corrected chi connectivity index (χ3v) is 13.6. The first-order chi connectivity index (χ1) is 25.6. The predicted octanol–water partition coefficient (Wildman–Crippen LogP) is 4.36. The average Bonchev–Trinajstić information content (AvgIpc) is 4.04. The van der Waals surface area contributed by atoms with Gasteiger partial charge in [0.1, 0.15) is 35.3 Å². The van der Waals surface area contributed by atoms with Gasteiger partial charge in [-0.3, -0.25) is 23.9 Å². The van der Waals surface area contributed by atoms with Crippen molar-refractivity contribution in [2.24, 2.45) is 23.2 Å². The number of hydrogen-bond donors (Lipinski definition) is 2. The number of esters is 1. The fourth-order valence-electron chi connectivity index (χ4n) is 8.05. The Kier molecular flexibility index (Phi) is 10.2. The molecule has 292 valence electrons. The van der Waals surface area contributed by atoms with Gasteiger partial charge in [0, 0.05) is 17.7 Å². The summed E-state index contributed by atoms with van der Waals surface area (Å²) in [5.74, 6) is -2.04. The summed E-state index contributed by atoms with van der Waals surface area (Å²) in [7, 11) is -2.29. The van der Waals surface area contributed by atoms with Gasteiger partial charge >= 0.3 is 5.97 Å². The van der Waals surface area contributed by atoms with Gasteiger partial charge in [-0.05, 0) is 80.5 Å². The molecular formula is C40H52N4O9S. The molecule has 2 N–H and O–H groups in total. The van der Waals surface area contributed by atoms with Crippen molar-refractivity contribution in [1.29, 1.82) is 0 Å². The Balaban J connectivity index is 1.22. The molecule has 3 saturated carbocycles. The molecule has 1 aromatic heterocycles. The third kappa shape index (κ3) is 7.94. The monoisotopic (exact) mass is 764 g/mol. The van der Waals surface area contributed by atoms with Crippen LogP contribution in [0.3, 0.4) is 0 Å². The van der Waals surface area contributed by atoms with Crippen LogP contribution >= 0.6 is 0 Å². The van der Waals surface area contributed by atoms with E-state index < -0.39 is 73.9 Å². The molecule has 2 aliphatic heterocycles. The summed E-state index contributed by atoms with van der Waals surface area (Å²) in [6, 6.07) is 6.51. The minimum Gasteiger partial charge on any atom is -0.497 e. The van der Waals surface area contributed by atoms with Crippen molar-refractivity contribution in [3.05, 3.63) is 42.6 Å². The number of rotatable bonds is 7. The number of amides is 3. The van der Waals surface area contributed by atoms with E-state index in [9.17, 15) is 27.6 Å². The molecule has 0 radical (unpaired) electrons. The molecule has 4 fully saturated rings. The van der Waals surface area contributed by atoms with E-state index in [-0.39, 0.29) is 31.9 Å². The maximum absolute atomic E-state index is 14.7. The van der Waals surface area contributed by atoms with Gasteiger partial charge in [-0.25, -0.2) is 13.4 Å². The van der Waals surface area contributed by atoms with Gasteiger partial charge in [0.15, 0.2) is 0 Å². The summed E-state index contributed by atoms with van der Waals surface area (Å²) in [6.07, 6.45) is 7.08. The molecule has 54 heavy (non-hydrogen) atoms. The Bertz CT molecular complexity index is 1960.